The van der Waals surface area contributed by atoms with E-state index in [1.807, 2.05) is 42.9 Å². The minimum Gasteiger partial charge on any atom is -0.357 e. The van der Waals surface area contributed by atoms with E-state index in [-0.39, 0.29) is 0 Å². The zero-order valence-corrected chi connectivity index (χ0v) is 20.9. The number of nitrogens with one attached hydrogen (secondary N) is 2. The third-order valence-corrected chi connectivity index (χ3v) is 6.98. The number of hydrogen-bond acceptors (Lipinski definition) is 5. The Morgan fingerprint density at radius 2 is 1.89 bits per heavy atom. The number of allylic oxidation sites excluding steroid dienone is 2. The zero-order chi connectivity index (χ0) is 25.2. The van der Waals surface area contributed by atoms with E-state index >= 15 is 0 Å². The Labute approximate surface area is 216 Å². The van der Waals surface area contributed by atoms with Gasteiger partial charge >= 0.3 is 0 Å². The lowest BCUT2D eigenvalue weighted by Gasteiger charge is -2.14. The molecule has 6 rings (SSSR count). The van der Waals surface area contributed by atoms with E-state index in [0.717, 1.165) is 75.6 Å². The summed E-state index contributed by atoms with van der Waals surface area (Å²) in [6.07, 6.45) is 15.7. The van der Waals surface area contributed by atoms with Crippen molar-refractivity contribution in [1.82, 2.24) is 35.0 Å². The van der Waals surface area contributed by atoms with Crippen LogP contribution in [0.15, 0.2) is 80.0 Å². The summed E-state index contributed by atoms with van der Waals surface area (Å²) in [6.45, 7) is 9.25. The Morgan fingerprint density at radius 3 is 2.70 bits per heavy atom. The Morgan fingerprint density at radius 1 is 1.05 bits per heavy atom. The van der Waals surface area contributed by atoms with Crippen LogP contribution >= 0.6 is 0 Å². The number of aryl methyl sites for hydroxylation is 1. The second kappa shape index (κ2) is 9.95. The quantitative estimate of drug-likeness (QED) is 0.278. The second-order valence-corrected chi connectivity index (χ2v) is 9.53. The number of rotatable bonds is 7. The van der Waals surface area contributed by atoms with Gasteiger partial charge in [0, 0.05) is 53.5 Å². The van der Waals surface area contributed by atoms with Gasteiger partial charge in [0.05, 0.1) is 23.1 Å². The van der Waals surface area contributed by atoms with Crippen LogP contribution in [0.5, 0.6) is 0 Å². The monoisotopic (exact) mass is 487 g/mol. The van der Waals surface area contributed by atoms with Gasteiger partial charge in [0.25, 0.3) is 0 Å². The fourth-order valence-corrected chi connectivity index (χ4v) is 5.15. The number of aromatic nitrogens is 6. The van der Waals surface area contributed by atoms with E-state index < -0.39 is 0 Å². The van der Waals surface area contributed by atoms with Gasteiger partial charge < -0.3 is 4.98 Å². The maximum atomic E-state index is 4.71. The highest BCUT2D eigenvalue weighted by molar-refractivity contribution is 5.95. The summed E-state index contributed by atoms with van der Waals surface area (Å²) in [7, 11) is 0. The van der Waals surface area contributed by atoms with Crippen LogP contribution < -0.4 is 0 Å². The van der Waals surface area contributed by atoms with Crippen molar-refractivity contribution >= 4 is 16.5 Å². The summed E-state index contributed by atoms with van der Waals surface area (Å²) in [5.41, 5.74) is 10.2. The normalized spacial score (nSPS) is 14.5. The number of pyridine rings is 3. The third kappa shape index (κ3) is 4.61. The molecule has 0 aromatic carbocycles. The summed E-state index contributed by atoms with van der Waals surface area (Å²) in [4.78, 5) is 19.4. The predicted octanol–water partition coefficient (Wildman–Crippen LogP) is 5.93. The number of nitrogens with zero attached hydrogens (tertiary/aromatic N) is 5. The highest BCUT2D eigenvalue weighted by atomic mass is 15.1. The van der Waals surface area contributed by atoms with Gasteiger partial charge in [-0.15, -0.1) is 0 Å². The molecule has 0 spiro atoms. The van der Waals surface area contributed by atoms with Crippen molar-refractivity contribution < 1.29 is 0 Å². The smallest absolute Gasteiger partial charge is 0.116 e. The lowest BCUT2D eigenvalue weighted by molar-refractivity contribution is 0.331. The first-order valence-electron chi connectivity index (χ1n) is 12.6. The minimum atomic E-state index is 0.863. The van der Waals surface area contributed by atoms with Crippen LogP contribution in [0.1, 0.15) is 35.2 Å². The first-order chi connectivity index (χ1) is 18.2. The largest absolute Gasteiger partial charge is 0.357 e. The van der Waals surface area contributed by atoms with Gasteiger partial charge in [-0.05, 0) is 79.9 Å². The van der Waals surface area contributed by atoms with E-state index in [4.69, 9.17) is 4.98 Å². The molecule has 7 heteroatoms. The SMILES string of the molecule is C=C/C=C(/c1ccncc1)c1cc(-c2n[nH]c3cnc(-c4cncc(CN5CCCC5)c4)cc23)[nH]c1C. The minimum absolute atomic E-state index is 0.863. The Kier molecular flexibility index (Phi) is 6.20. The molecular weight excluding hydrogens is 458 g/mol. The molecule has 1 aliphatic rings. The molecule has 5 aromatic heterocycles. The lowest BCUT2D eigenvalue weighted by atomic mass is 9.98. The van der Waals surface area contributed by atoms with Crippen molar-refractivity contribution in [1.29, 1.82) is 0 Å². The summed E-state index contributed by atoms with van der Waals surface area (Å²) >= 11 is 0. The van der Waals surface area contributed by atoms with Crippen LogP contribution in [-0.4, -0.2) is 48.1 Å². The maximum Gasteiger partial charge on any atom is 0.116 e. The number of fused-ring (bicyclic) bond motifs is 1. The van der Waals surface area contributed by atoms with Gasteiger partial charge in [0.1, 0.15) is 5.69 Å². The summed E-state index contributed by atoms with van der Waals surface area (Å²) < 4.78 is 0. The fraction of sp³-hybridized carbons (Fsp3) is 0.200. The van der Waals surface area contributed by atoms with Crippen molar-refractivity contribution in [2.75, 3.05) is 13.1 Å². The van der Waals surface area contributed by atoms with Crippen LogP contribution in [0.25, 0.3) is 39.1 Å². The summed E-state index contributed by atoms with van der Waals surface area (Å²) in [6, 6.07) is 10.5. The van der Waals surface area contributed by atoms with Gasteiger partial charge in [-0.1, -0.05) is 18.7 Å². The summed E-state index contributed by atoms with van der Waals surface area (Å²) in [5.74, 6) is 0. The van der Waals surface area contributed by atoms with Gasteiger partial charge in [0.2, 0.25) is 0 Å². The van der Waals surface area contributed by atoms with E-state index in [0.29, 0.717) is 0 Å². The lowest BCUT2D eigenvalue weighted by Crippen LogP contribution is -2.18. The highest BCUT2D eigenvalue weighted by Crippen LogP contribution is 2.33. The molecule has 0 unspecified atom stereocenters. The molecule has 0 radical (unpaired) electrons. The fourth-order valence-electron chi connectivity index (χ4n) is 5.15. The van der Waals surface area contributed by atoms with Gasteiger partial charge in [-0.2, -0.15) is 5.10 Å². The first-order valence-corrected chi connectivity index (χ1v) is 12.6. The molecule has 2 N–H and O–H groups in total. The van der Waals surface area contributed by atoms with E-state index in [1.165, 1.54) is 18.4 Å². The standard InChI is InChI=1S/C30H29N7/c1-3-6-24(22-7-9-31-10-8-22)25-14-28(34-20(25)2)30-26-15-27(33-18-29(26)35-36-30)23-13-21(16-32-17-23)19-37-11-4-5-12-37/h3,6-10,13-18,34H,1,4-5,11-12,19H2,2H3,(H,35,36)/b24-6-. The molecule has 0 atom stereocenters. The van der Waals surface area contributed by atoms with Gasteiger partial charge in [-0.25, -0.2) is 0 Å². The molecule has 37 heavy (non-hydrogen) atoms. The molecule has 1 aliphatic heterocycles. The van der Waals surface area contributed by atoms with Crippen LogP contribution in [0.3, 0.4) is 0 Å². The first kappa shape index (κ1) is 23.1. The third-order valence-electron chi connectivity index (χ3n) is 6.98. The molecule has 0 amide bonds. The van der Waals surface area contributed by atoms with Crippen molar-refractivity contribution in [3.8, 4) is 22.6 Å². The topological polar surface area (TPSA) is 86.4 Å². The van der Waals surface area contributed by atoms with Crippen LogP contribution in [0, 0.1) is 6.92 Å². The molecule has 1 fully saturated rings. The Balaban J connectivity index is 1.36. The zero-order valence-electron chi connectivity index (χ0n) is 20.9. The molecule has 0 bridgehead atoms. The van der Waals surface area contributed by atoms with Crippen LogP contribution in [0.2, 0.25) is 0 Å². The molecule has 6 heterocycles. The van der Waals surface area contributed by atoms with Gasteiger partial charge in [-0.3, -0.25) is 25.0 Å². The molecular formula is C30H29N7. The molecule has 0 saturated carbocycles. The molecule has 7 nitrogen and oxygen atoms in total. The van der Waals surface area contributed by atoms with Crippen LogP contribution in [0.4, 0.5) is 0 Å². The van der Waals surface area contributed by atoms with E-state index in [2.05, 4.69) is 61.8 Å². The predicted molar refractivity (Wildman–Crippen MR) is 148 cm³/mol. The highest BCUT2D eigenvalue weighted by Gasteiger charge is 2.17. The van der Waals surface area contributed by atoms with Crippen LogP contribution in [-0.2, 0) is 6.54 Å². The average Bonchev–Trinajstić information content (AvgIpc) is 3.68. The van der Waals surface area contributed by atoms with Crippen molar-refractivity contribution in [2.45, 2.75) is 26.3 Å². The second-order valence-electron chi connectivity index (χ2n) is 9.53. The summed E-state index contributed by atoms with van der Waals surface area (Å²) in [5, 5.41) is 8.81. The maximum absolute atomic E-state index is 4.71. The van der Waals surface area contributed by atoms with Gasteiger partial charge in [0.15, 0.2) is 0 Å². The van der Waals surface area contributed by atoms with E-state index in [1.54, 1.807) is 12.4 Å². The molecule has 184 valence electrons. The average molecular weight is 488 g/mol. The Bertz CT molecular complexity index is 1590. The number of aromatic amines is 2. The van der Waals surface area contributed by atoms with Crippen molar-refractivity contribution in [3.63, 3.8) is 0 Å². The number of likely N-dealkylation sites (tertiary alicyclic amines) is 1. The van der Waals surface area contributed by atoms with E-state index in [9.17, 15) is 0 Å². The molecule has 1 saturated heterocycles. The molecule has 0 aliphatic carbocycles. The molecule has 5 aromatic rings. The van der Waals surface area contributed by atoms with Crippen molar-refractivity contribution in [2.24, 2.45) is 0 Å². The number of H-pyrrole nitrogens is 2. The van der Waals surface area contributed by atoms with Crippen molar-refractivity contribution in [3.05, 3.63) is 102 Å². The number of hydrogen-bond donors (Lipinski definition) is 2. The Hall–Kier alpha value is -4.36.